The van der Waals surface area contributed by atoms with Crippen molar-refractivity contribution in [2.75, 3.05) is 0 Å². The summed E-state index contributed by atoms with van der Waals surface area (Å²) in [7, 11) is 0. The first-order valence-electron chi connectivity index (χ1n) is 5.38. The molecule has 0 aromatic heterocycles. The van der Waals surface area contributed by atoms with E-state index in [1.54, 1.807) is 0 Å². The third-order valence-corrected chi connectivity index (χ3v) is 3.61. The summed E-state index contributed by atoms with van der Waals surface area (Å²) in [4.78, 5) is 0. The number of hydrogen-bond donors (Lipinski definition) is 2. The van der Waals surface area contributed by atoms with Crippen molar-refractivity contribution in [2.24, 2.45) is 11.7 Å². The molecule has 0 heterocycles. The first-order valence-corrected chi connectivity index (χ1v) is 5.76. The average molecular weight is 262 g/mol. The third-order valence-electron chi connectivity index (χ3n) is 3.27. The van der Waals surface area contributed by atoms with E-state index in [1.165, 1.54) is 6.42 Å². The highest BCUT2D eigenvalue weighted by molar-refractivity contribution is 6.31. The van der Waals surface area contributed by atoms with Gasteiger partial charge in [-0.25, -0.2) is 0 Å². The fourth-order valence-electron chi connectivity index (χ4n) is 2.00. The van der Waals surface area contributed by atoms with Crippen LogP contribution in [-0.2, 0) is 0 Å². The van der Waals surface area contributed by atoms with Crippen molar-refractivity contribution in [1.29, 1.82) is 0 Å². The maximum atomic E-state index is 10.0. The Hall–Kier alpha value is -0.280. The van der Waals surface area contributed by atoms with Crippen molar-refractivity contribution in [3.05, 3.63) is 34.9 Å². The van der Waals surface area contributed by atoms with Crippen LogP contribution in [0.15, 0.2) is 24.3 Å². The smallest absolute Gasteiger partial charge is 0.0761 e. The Morgan fingerprint density at radius 3 is 2.44 bits per heavy atom. The molecule has 3 N–H and O–H groups in total. The van der Waals surface area contributed by atoms with Gasteiger partial charge in [-0.05, 0) is 30.4 Å². The Labute approximate surface area is 107 Å². The van der Waals surface area contributed by atoms with E-state index in [0.717, 1.165) is 18.4 Å². The molecule has 16 heavy (non-hydrogen) atoms. The predicted molar refractivity (Wildman–Crippen MR) is 69.0 cm³/mol. The molecule has 1 aliphatic carbocycles. The summed E-state index contributed by atoms with van der Waals surface area (Å²) in [5, 5.41) is 10.7. The fourth-order valence-corrected chi connectivity index (χ4v) is 2.27. The Balaban J connectivity index is 0.00000128. The molecule has 1 saturated carbocycles. The van der Waals surface area contributed by atoms with Gasteiger partial charge in [0.2, 0.25) is 0 Å². The number of nitrogens with two attached hydrogens (primary N) is 1. The van der Waals surface area contributed by atoms with Crippen molar-refractivity contribution in [3.63, 3.8) is 0 Å². The van der Waals surface area contributed by atoms with Crippen LogP contribution in [0.2, 0.25) is 5.02 Å². The van der Waals surface area contributed by atoms with Crippen molar-refractivity contribution >= 4 is 24.0 Å². The standard InChI is InChI=1S/C12H16ClNO.ClH/c13-10-7-2-1-6-9(10)11(14)12(15)8-4-3-5-8;/h1-2,6-8,11-12,15H,3-5,14H2;1H/t11-,12+;/m0./s1. The lowest BCUT2D eigenvalue weighted by Gasteiger charge is -2.34. The van der Waals surface area contributed by atoms with E-state index in [4.69, 9.17) is 17.3 Å². The largest absolute Gasteiger partial charge is 0.391 e. The number of aliphatic hydroxyl groups excluding tert-OH is 1. The average Bonchev–Trinajstić information content (AvgIpc) is 2.15. The Bertz CT molecular complexity index is 342. The van der Waals surface area contributed by atoms with Crippen LogP contribution in [0.3, 0.4) is 0 Å². The zero-order chi connectivity index (χ0) is 10.8. The van der Waals surface area contributed by atoms with E-state index in [9.17, 15) is 5.11 Å². The third kappa shape index (κ3) is 2.69. The van der Waals surface area contributed by atoms with Gasteiger partial charge in [-0.15, -0.1) is 12.4 Å². The molecule has 2 atom stereocenters. The van der Waals surface area contributed by atoms with Gasteiger partial charge >= 0.3 is 0 Å². The Morgan fingerprint density at radius 2 is 1.94 bits per heavy atom. The summed E-state index contributed by atoms with van der Waals surface area (Å²) in [5.74, 6) is 0.358. The molecular formula is C12H17Cl2NO. The maximum Gasteiger partial charge on any atom is 0.0761 e. The molecule has 0 unspecified atom stereocenters. The summed E-state index contributed by atoms with van der Waals surface area (Å²) in [6.07, 6.45) is 2.91. The monoisotopic (exact) mass is 261 g/mol. The molecule has 0 saturated heterocycles. The van der Waals surface area contributed by atoms with E-state index in [0.29, 0.717) is 10.9 Å². The number of benzene rings is 1. The second-order valence-electron chi connectivity index (χ2n) is 4.23. The van der Waals surface area contributed by atoms with Crippen molar-refractivity contribution in [2.45, 2.75) is 31.4 Å². The summed E-state index contributed by atoms with van der Waals surface area (Å²) in [5.41, 5.74) is 6.86. The first-order chi connectivity index (χ1) is 7.20. The quantitative estimate of drug-likeness (QED) is 0.879. The van der Waals surface area contributed by atoms with Crippen LogP contribution in [0.5, 0.6) is 0 Å². The maximum absolute atomic E-state index is 10.0. The highest BCUT2D eigenvalue weighted by Gasteiger charge is 2.31. The van der Waals surface area contributed by atoms with Gasteiger partial charge in [-0.3, -0.25) is 0 Å². The van der Waals surface area contributed by atoms with Gasteiger partial charge in [0, 0.05) is 5.02 Å². The SMILES string of the molecule is Cl.N[C@@H](c1ccccc1Cl)[C@H](O)C1CCC1. The van der Waals surface area contributed by atoms with E-state index >= 15 is 0 Å². The minimum Gasteiger partial charge on any atom is -0.391 e. The van der Waals surface area contributed by atoms with Gasteiger partial charge in [0.1, 0.15) is 0 Å². The molecule has 0 spiro atoms. The van der Waals surface area contributed by atoms with Gasteiger partial charge in [0.25, 0.3) is 0 Å². The molecule has 4 heteroatoms. The van der Waals surface area contributed by atoms with Crippen LogP contribution in [0.4, 0.5) is 0 Å². The summed E-state index contributed by atoms with van der Waals surface area (Å²) < 4.78 is 0. The second kappa shape index (κ2) is 5.87. The topological polar surface area (TPSA) is 46.2 Å². The summed E-state index contributed by atoms with van der Waals surface area (Å²) >= 11 is 6.04. The van der Waals surface area contributed by atoms with Crippen molar-refractivity contribution in [1.82, 2.24) is 0 Å². The number of rotatable bonds is 3. The van der Waals surface area contributed by atoms with Crippen LogP contribution in [0, 0.1) is 5.92 Å². The molecule has 2 rings (SSSR count). The van der Waals surface area contributed by atoms with Crippen molar-refractivity contribution < 1.29 is 5.11 Å². The number of hydrogen-bond acceptors (Lipinski definition) is 2. The molecule has 0 radical (unpaired) electrons. The van der Waals surface area contributed by atoms with E-state index in [2.05, 4.69) is 0 Å². The molecule has 1 fully saturated rings. The van der Waals surface area contributed by atoms with Gasteiger partial charge in [-0.2, -0.15) is 0 Å². The second-order valence-corrected chi connectivity index (χ2v) is 4.64. The van der Waals surface area contributed by atoms with Gasteiger partial charge < -0.3 is 10.8 Å². The van der Waals surface area contributed by atoms with Crippen LogP contribution in [0.25, 0.3) is 0 Å². The molecule has 0 amide bonds. The lowest BCUT2D eigenvalue weighted by molar-refractivity contribution is 0.0414. The van der Waals surface area contributed by atoms with Crippen LogP contribution < -0.4 is 5.73 Å². The van der Waals surface area contributed by atoms with Crippen LogP contribution in [-0.4, -0.2) is 11.2 Å². The molecule has 0 aliphatic heterocycles. The van der Waals surface area contributed by atoms with E-state index < -0.39 is 6.10 Å². The molecule has 1 aromatic rings. The summed E-state index contributed by atoms with van der Waals surface area (Å²) in [6, 6.07) is 7.10. The Morgan fingerprint density at radius 1 is 1.31 bits per heavy atom. The molecule has 90 valence electrons. The molecular weight excluding hydrogens is 245 g/mol. The highest BCUT2D eigenvalue weighted by Crippen LogP contribution is 2.35. The normalized spacial score (nSPS) is 19.4. The molecule has 1 aliphatic rings. The Kier molecular flexibility index (Phi) is 5.06. The fraction of sp³-hybridized carbons (Fsp3) is 0.500. The van der Waals surface area contributed by atoms with Crippen LogP contribution >= 0.6 is 24.0 Å². The minimum atomic E-state index is -0.460. The number of halogens is 2. The molecule has 1 aromatic carbocycles. The first kappa shape index (κ1) is 13.8. The van der Waals surface area contributed by atoms with Gasteiger partial charge in [0.15, 0.2) is 0 Å². The van der Waals surface area contributed by atoms with E-state index in [-0.39, 0.29) is 18.4 Å². The lowest BCUT2D eigenvalue weighted by Crippen LogP contribution is -2.36. The highest BCUT2D eigenvalue weighted by atomic mass is 35.5. The van der Waals surface area contributed by atoms with Crippen molar-refractivity contribution in [3.8, 4) is 0 Å². The summed E-state index contributed by atoms with van der Waals surface area (Å²) in [6.45, 7) is 0. The van der Waals surface area contributed by atoms with E-state index in [1.807, 2.05) is 24.3 Å². The predicted octanol–water partition coefficient (Wildman–Crippen LogP) is 2.92. The minimum absolute atomic E-state index is 0. The van der Waals surface area contributed by atoms with Gasteiger partial charge in [-0.1, -0.05) is 36.2 Å². The molecule has 0 bridgehead atoms. The zero-order valence-electron chi connectivity index (χ0n) is 8.97. The number of aliphatic hydroxyl groups is 1. The lowest BCUT2D eigenvalue weighted by atomic mass is 9.77. The van der Waals surface area contributed by atoms with Gasteiger partial charge in [0.05, 0.1) is 12.1 Å². The molecule has 2 nitrogen and oxygen atoms in total. The van der Waals surface area contributed by atoms with Crippen LogP contribution in [0.1, 0.15) is 30.9 Å². The zero-order valence-corrected chi connectivity index (χ0v) is 10.5.